The van der Waals surface area contributed by atoms with Crippen LogP contribution in [0.25, 0.3) is 21.8 Å². The van der Waals surface area contributed by atoms with Gasteiger partial charge in [0, 0.05) is 29.3 Å². The third-order valence-electron chi connectivity index (χ3n) is 4.93. The van der Waals surface area contributed by atoms with E-state index in [1.165, 1.54) is 0 Å². The van der Waals surface area contributed by atoms with Crippen molar-refractivity contribution in [3.63, 3.8) is 0 Å². The number of esters is 1. The summed E-state index contributed by atoms with van der Waals surface area (Å²) in [5.74, 6) is -0.124. The minimum atomic E-state index is -0.363. The zero-order valence-electron chi connectivity index (χ0n) is 17.2. The Balaban J connectivity index is 2.56. The highest BCUT2D eigenvalue weighted by Gasteiger charge is 2.21. The molecular weight excluding hydrogens is 456 g/mol. The standard InChI is InChI=1S/C22H24BrClN2O3/c1-6-29-19(27)11-26-18-10-14(12(2)3)16(23)9-15(18)22(28)13-7-8-17(24)21(20(13)26)25(4)5/h7-10,12H,6,11H2,1-5H3. The predicted octanol–water partition coefficient (Wildman–Crippen LogP) is 5.32. The molecular formula is C22H24BrClN2O3. The summed E-state index contributed by atoms with van der Waals surface area (Å²) in [5.41, 5.74) is 2.98. The number of ether oxygens (including phenoxy) is 1. The summed E-state index contributed by atoms with van der Waals surface area (Å²) in [4.78, 5) is 27.7. The van der Waals surface area contributed by atoms with Crippen molar-refractivity contribution in [2.45, 2.75) is 33.2 Å². The van der Waals surface area contributed by atoms with Gasteiger partial charge in [0.1, 0.15) is 6.54 Å². The highest BCUT2D eigenvalue weighted by Crippen LogP contribution is 2.36. The van der Waals surface area contributed by atoms with Gasteiger partial charge >= 0.3 is 5.97 Å². The number of halogens is 2. The van der Waals surface area contributed by atoms with E-state index < -0.39 is 0 Å². The van der Waals surface area contributed by atoms with Crippen LogP contribution in [0.1, 0.15) is 32.3 Å². The molecule has 5 nitrogen and oxygen atoms in total. The molecule has 0 saturated heterocycles. The van der Waals surface area contributed by atoms with Gasteiger partial charge in [-0.25, -0.2) is 0 Å². The van der Waals surface area contributed by atoms with E-state index in [2.05, 4.69) is 29.8 Å². The maximum Gasteiger partial charge on any atom is 0.325 e. The van der Waals surface area contributed by atoms with Gasteiger partial charge in [0.2, 0.25) is 0 Å². The van der Waals surface area contributed by atoms with Crippen molar-refractivity contribution < 1.29 is 9.53 Å². The Morgan fingerprint density at radius 3 is 2.52 bits per heavy atom. The van der Waals surface area contributed by atoms with E-state index in [-0.39, 0.29) is 23.9 Å². The molecule has 0 bridgehead atoms. The maximum absolute atomic E-state index is 13.4. The van der Waals surface area contributed by atoms with E-state index >= 15 is 0 Å². The van der Waals surface area contributed by atoms with E-state index in [0.717, 1.165) is 10.0 Å². The second kappa shape index (κ2) is 8.36. The summed E-state index contributed by atoms with van der Waals surface area (Å²) < 4.78 is 7.94. The molecule has 154 valence electrons. The third kappa shape index (κ3) is 3.88. The molecule has 0 amide bonds. The molecule has 0 aliphatic rings. The maximum atomic E-state index is 13.4. The third-order valence-corrected chi connectivity index (χ3v) is 5.92. The fourth-order valence-electron chi connectivity index (χ4n) is 3.63. The van der Waals surface area contributed by atoms with Gasteiger partial charge in [-0.2, -0.15) is 0 Å². The zero-order chi connectivity index (χ0) is 21.5. The lowest BCUT2D eigenvalue weighted by molar-refractivity contribution is -0.143. The van der Waals surface area contributed by atoms with Crippen LogP contribution in [0, 0.1) is 0 Å². The van der Waals surface area contributed by atoms with Crippen LogP contribution in [0.4, 0.5) is 5.69 Å². The van der Waals surface area contributed by atoms with Gasteiger partial charge in [0.15, 0.2) is 5.43 Å². The number of hydrogen-bond donors (Lipinski definition) is 0. The van der Waals surface area contributed by atoms with E-state index in [4.69, 9.17) is 16.3 Å². The number of nitrogens with zero attached hydrogens (tertiary/aromatic N) is 2. The monoisotopic (exact) mass is 478 g/mol. The number of anilines is 1. The lowest BCUT2D eigenvalue weighted by Crippen LogP contribution is -2.21. The predicted molar refractivity (Wildman–Crippen MR) is 123 cm³/mol. The summed E-state index contributed by atoms with van der Waals surface area (Å²) in [6.45, 7) is 6.22. The number of hydrogen-bond acceptors (Lipinski definition) is 4. The number of aromatic nitrogens is 1. The molecule has 0 fully saturated rings. The minimum absolute atomic E-state index is 0.0124. The van der Waals surface area contributed by atoms with Crippen LogP contribution in [0.15, 0.2) is 33.5 Å². The Kier molecular flexibility index (Phi) is 6.24. The Labute approximate surface area is 183 Å². The smallest absolute Gasteiger partial charge is 0.325 e. The van der Waals surface area contributed by atoms with Crippen LogP contribution in [-0.4, -0.2) is 31.2 Å². The summed E-state index contributed by atoms with van der Waals surface area (Å²) in [5, 5.41) is 1.57. The van der Waals surface area contributed by atoms with Crippen molar-refractivity contribution in [1.29, 1.82) is 0 Å². The average Bonchev–Trinajstić information content (AvgIpc) is 2.64. The average molecular weight is 480 g/mol. The summed E-state index contributed by atoms with van der Waals surface area (Å²) in [6, 6.07) is 7.26. The van der Waals surface area contributed by atoms with Gasteiger partial charge < -0.3 is 14.2 Å². The summed E-state index contributed by atoms with van der Waals surface area (Å²) in [6.07, 6.45) is 0. The fraction of sp³-hybridized carbons (Fsp3) is 0.364. The molecule has 29 heavy (non-hydrogen) atoms. The number of benzene rings is 2. The van der Waals surface area contributed by atoms with E-state index in [9.17, 15) is 9.59 Å². The van der Waals surface area contributed by atoms with Crippen molar-refractivity contribution in [2.24, 2.45) is 0 Å². The minimum Gasteiger partial charge on any atom is -0.465 e. The lowest BCUT2D eigenvalue weighted by Gasteiger charge is -2.23. The molecule has 0 atom stereocenters. The molecule has 0 saturated carbocycles. The molecule has 1 aromatic heterocycles. The Morgan fingerprint density at radius 2 is 1.93 bits per heavy atom. The van der Waals surface area contributed by atoms with Crippen LogP contribution in [0.5, 0.6) is 0 Å². The Bertz CT molecular complexity index is 1170. The molecule has 0 unspecified atom stereocenters. The number of rotatable bonds is 5. The van der Waals surface area contributed by atoms with Gasteiger partial charge in [-0.15, -0.1) is 0 Å². The van der Waals surface area contributed by atoms with Crippen LogP contribution >= 0.6 is 27.5 Å². The van der Waals surface area contributed by atoms with Gasteiger partial charge in [-0.3, -0.25) is 9.59 Å². The van der Waals surface area contributed by atoms with E-state index in [0.29, 0.717) is 39.1 Å². The molecule has 0 spiro atoms. The first-order chi connectivity index (χ1) is 13.7. The van der Waals surface area contributed by atoms with E-state index in [1.54, 1.807) is 19.1 Å². The van der Waals surface area contributed by atoms with Crippen molar-refractivity contribution >= 4 is 61.0 Å². The molecule has 0 aliphatic carbocycles. The number of carbonyl (C=O) groups is 1. The zero-order valence-corrected chi connectivity index (χ0v) is 19.5. The van der Waals surface area contributed by atoms with Gasteiger partial charge in [0.25, 0.3) is 0 Å². The van der Waals surface area contributed by atoms with Crippen LogP contribution in [0.3, 0.4) is 0 Å². The molecule has 3 rings (SSSR count). The number of pyridine rings is 1. The Hall–Kier alpha value is -2.05. The van der Waals surface area contributed by atoms with Gasteiger partial charge in [-0.1, -0.05) is 41.4 Å². The van der Waals surface area contributed by atoms with Crippen LogP contribution in [-0.2, 0) is 16.1 Å². The van der Waals surface area contributed by atoms with Crippen molar-refractivity contribution in [2.75, 3.05) is 25.6 Å². The highest BCUT2D eigenvalue weighted by molar-refractivity contribution is 9.10. The molecule has 2 aromatic carbocycles. The Morgan fingerprint density at radius 1 is 1.24 bits per heavy atom. The molecule has 3 aromatic rings. The number of carbonyl (C=O) groups excluding carboxylic acids is 1. The molecule has 7 heteroatoms. The topological polar surface area (TPSA) is 51.5 Å². The second-order valence-corrected chi connectivity index (χ2v) is 8.71. The van der Waals surface area contributed by atoms with Crippen LogP contribution in [0.2, 0.25) is 5.02 Å². The van der Waals surface area contributed by atoms with Crippen LogP contribution < -0.4 is 10.3 Å². The van der Waals surface area contributed by atoms with Crippen molar-refractivity contribution in [1.82, 2.24) is 4.57 Å². The highest BCUT2D eigenvalue weighted by atomic mass is 79.9. The summed E-state index contributed by atoms with van der Waals surface area (Å²) in [7, 11) is 3.73. The van der Waals surface area contributed by atoms with E-state index in [1.807, 2.05) is 35.7 Å². The van der Waals surface area contributed by atoms with Crippen molar-refractivity contribution in [3.05, 3.63) is 49.5 Å². The molecule has 0 aliphatic heterocycles. The lowest BCUT2D eigenvalue weighted by atomic mass is 9.99. The second-order valence-electron chi connectivity index (χ2n) is 7.45. The van der Waals surface area contributed by atoms with Gasteiger partial charge in [0.05, 0.1) is 28.4 Å². The summed E-state index contributed by atoms with van der Waals surface area (Å²) >= 11 is 10.1. The first-order valence-corrected chi connectivity index (χ1v) is 10.7. The first kappa shape index (κ1) is 21.7. The largest absolute Gasteiger partial charge is 0.465 e. The quantitative estimate of drug-likeness (QED) is 0.367. The molecule has 1 heterocycles. The van der Waals surface area contributed by atoms with Crippen molar-refractivity contribution in [3.8, 4) is 0 Å². The van der Waals surface area contributed by atoms with Gasteiger partial charge in [-0.05, 0) is 42.7 Å². The number of fused-ring (bicyclic) bond motifs is 2. The fourth-order valence-corrected chi connectivity index (χ4v) is 4.75. The molecule has 0 N–H and O–H groups in total. The molecule has 0 radical (unpaired) electrons. The normalized spacial score (nSPS) is 11.4. The SMILES string of the molecule is CCOC(=O)Cn1c2cc(C(C)C)c(Br)cc2c(=O)c2ccc(Cl)c(N(C)C)c21. The first-order valence-electron chi connectivity index (χ1n) is 9.48.